The van der Waals surface area contributed by atoms with Crippen molar-refractivity contribution in [2.24, 2.45) is 0 Å². The molecule has 1 aromatic carbocycles. The van der Waals surface area contributed by atoms with Crippen LogP contribution in [0.2, 0.25) is 0 Å². The molecule has 0 atom stereocenters. The van der Waals surface area contributed by atoms with E-state index in [0.29, 0.717) is 0 Å². The summed E-state index contributed by atoms with van der Waals surface area (Å²) in [5.74, 6) is 0. The second-order valence-corrected chi connectivity index (χ2v) is 5.31. The lowest BCUT2D eigenvalue weighted by Crippen LogP contribution is -2.13. The Morgan fingerprint density at radius 2 is 1.94 bits per heavy atom. The van der Waals surface area contributed by atoms with Crippen molar-refractivity contribution in [2.45, 2.75) is 26.9 Å². The van der Waals surface area contributed by atoms with E-state index in [4.69, 9.17) is 0 Å². The molecule has 0 unspecified atom stereocenters. The van der Waals surface area contributed by atoms with E-state index in [1.807, 2.05) is 25.1 Å². The van der Waals surface area contributed by atoms with Gasteiger partial charge in [-0.3, -0.25) is 4.98 Å². The lowest BCUT2D eigenvalue weighted by molar-refractivity contribution is 0.677. The van der Waals surface area contributed by atoms with Gasteiger partial charge in [0.1, 0.15) is 0 Å². The number of aromatic nitrogens is 1. The number of hydrogen-bond acceptors (Lipinski definition) is 2. The Kier molecular flexibility index (Phi) is 4.50. The van der Waals surface area contributed by atoms with Crippen molar-refractivity contribution >= 4 is 15.9 Å². The van der Waals surface area contributed by atoms with Crippen molar-refractivity contribution in [3.05, 3.63) is 63.4 Å². The summed E-state index contributed by atoms with van der Waals surface area (Å²) in [7, 11) is 0. The number of halogens is 1. The number of nitrogens with one attached hydrogen (secondary N) is 1. The lowest BCUT2D eigenvalue weighted by atomic mass is 10.1. The van der Waals surface area contributed by atoms with Gasteiger partial charge in [-0.25, -0.2) is 0 Å². The second-order valence-electron chi connectivity index (χ2n) is 4.46. The van der Waals surface area contributed by atoms with Gasteiger partial charge in [0.2, 0.25) is 0 Å². The lowest BCUT2D eigenvalue weighted by Gasteiger charge is -2.07. The highest BCUT2D eigenvalue weighted by atomic mass is 79.9. The van der Waals surface area contributed by atoms with Gasteiger partial charge in [-0.2, -0.15) is 0 Å². The molecule has 1 heterocycles. The SMILES string of the molecule is Cc1cccc(CNCc2ccc(Br)c(C)c2)n1. The first kappa shape index (κ1) is 13.2. The molecule has 0 aliphatic carbocycles. The fourth-order valence-electron chi connectivity index (χ4n) is 1.85. The first-order valence-corrected chi connectivity index (χ1v) is 6.83. The first-order valence-electron chi connectivity index (χ1n) is 6.03. The number of nitrogens with zero attached hydrogens (tertiary/aromatic N) is 1. The zero-order chi connectivity index (χ0) is 13.0. The molecule has 0 radical (unpaired) electrons. The van der Waals surface area contributed by atoms with Gasteiger partial charge in [0.25, 0.3) is 0 Å². The highest BCUT2D eigenvalue weighted by Crippen LogP contribution is 2.16. The first-order chi connectivity index (χ1) is 8.65. The molecule has 18 heavy (non-hydrogen) atoms. The number of hydrogen-bond donors (Lipinski definition) is 1. The predicted molar refractivity (Wildman–Crippen MR) is 78.4 cm³/mol. The number of pyridine rings is 1. The normalized spacial score (nSPS) is 10.6. The monoisotopic (exact) mass is 304 g/mol. The van der Waals surface area contributed by atoms with Crippen molar-refractivity contribution in [3.63, 3.8) is 0 Å². The van der Waals surface area contributed by atoms with Crippen molar-refractivity contribution in [1.29, 1.82) is 0 Å². The molecule has 0 amide bonds. The van der Waals surface area contributed by atoms with E-state index in [1.54, 1.807) is 0 Å². The Morgan fingerprint density at radius 3 is 2.67 bits per heavy atom. The van der Waals surface area contributed by atoms with Crippen LogP contribution in [0, 0.1) is 13.8 Å². The molecule has 0 bridgehead atoms. The molecule has 0 saturated carbocycles. The summed E-state index contributed by atoms with van der Waals surface area (Å²) in [5.41, 5.74) is 4.71. The van der Waals surface area contributed by atoms with Crippen LogP contribution in [-0.4, -0.2) is 4.98 Å². The van der Waals surface area contributed by atoms with Crippen LogP contribution >= 0.6 is 15.9 Å². The highest BCUT2D eigenvalue weighted by molar-refractivity contribution is 9.10. The Bertz CT molecular complexity index is 538. The van der Waals surface area contributed by atoms with Crippen molar-refractivity contribution in [2.75, 3.05) is 0 Å². The van der Waals surface area contributed by atoms with Crippen molar-refractivity contribution in [1.82, 2.24) is 10.3 Å². The topological polar surface area (TPSA) is 24.9 Å². The van der Waals surface area contributed by atoms with E-state index >= 15 is 0 Å². The van der Waals surface area contributed by atoms with Crippen molar-refractivity contribution < 1.29 is 0 Å². The average Bonchev–Trinajstić information content (AvgIpc) is 2.34. The molecule has 0 fully saturated rings. The summed E-state index contributed by atoms with van der Waals surface area (Å²) < 4.78 is 1.16. The van der Waals surface area contributed by atoms with Crippen LogP contribution in [0.15, 0.2) is 40.9 Å². The Hall–Kier alpha value is -1.19. The van der Waals surface area contributed by atoms with Gasteiger partial charge in [0.05, 0.1) is 5.69 Å². The third-order valence-corrected chi connectivity index (χ3v) is 3.69. The summed E-state index contributed by atoms with van der Waals surface area (Å²) in [5, 5.41) is 3.41. The summed E-state index contributed by atoms with van der Waals surface area (Å²) in [4.78, 5) is 4.47. The van der Waals surface area contributed by atoms with Gasteiger partial charge in [0.15, 0.2) is 0 Å². The minimum absolute atomic E-state index is 0.802. The molecule has 1 N–H and O–H groups in total. The van der Waals surface area contributed by atoms with E-state index in [1.165, 1.54) is 11.1 Å². The summed E-state index contributed by atoms with van der Waals surface area (Å²) in [6.45, 7) is 5.79. The van der Waals surface area contributed by atoms with Gasteiger partial charge in [0, 0.05) is 23.3 Å². The third-order valence-electron chi connectivity index (χ3n) is 2.80. The van der Waals surface area contributed by atoms with E-state index in [0.717, 1.165) is 29.0 Å². The summed E-state index contributed by atoms with van der Waals surface area (Å²) in [6, 6.07) is 12.5. The maximum atomic E-state index is 4.47. The van der Waals surface area contributed by atoms with Gasteiger partial charge >= 0.3 is 0 Å². The molecule has 2 nitrogen and oxygen atoms in total. The van der Waals surface area contributed by atoms with Gasteiger partial charge < -0.3 is 5.32 Å². The number of benzene rings is 1. The molecule has 0 aliphatic rings. The summed E-state index contributed by atoms with van der Waals surface area (Å²) >= 11 is 3.51. The molecular formula is C15H17BrN2. The molecule has 3 heteroatoms. The van der Waals surface area contributed by atoms with Crippen LogP contribution in [0.5, 0.6) is 0 Å². The zero-order valence-electron chi connectivity index (χ0n) is 10.7. The van der Waals surface area contributed by atoms with Gasteiger partial charge in [-0.05, 0) is 43.2 Å². The molecule has 2 rings (SSSR count). The van der Waals surface area contributed by atoms with Gasteiger partial charge in [-0.15, -0.1) is 0 Å². The van der Waals surface area contributed by atoms with Crippen LogP contribution in [0.4, 0.5) is 0 Å². The Balaban J connectivity index is 1.90. The summed E-state index contributed by atoms with van der Waals surface area (Å²) in [6.07, 6.45) is 0. The number of aryl methyl sites for hydroxylation is 2. The molecule has 2 aromatic rings. The van der Waals surface area contributed by atoms with Crippen LogP contribution in [-0.2, 0) is 13.1 Å². The van der Waals surface area contributed by atoms with E-state index in [2.05, 4.69) is 51.4 Å². The zero-order valence-corrected chi connectivity index (χ0v) is 12.3. The smallest absolute Gasteiger partial charge is 0.0544 e. The van der Waals surface area contributed by atoms with Crippen LogP contribution in [0.1, 0.15) is 22.5 Å². The van der Waals surface area contributed by atoms with E-state index in [-0.39, 0.29) is 0 Å². The Morgan fingerprint density at radius 1 is 1.11 bits per heavy atom. The second kappa shape index (κ2) is 6.12. The maximum Gasteiger partial charge on any atom is 0.0544 e. The number of rotatable bonds is 4. The largest absolute Gasteiger partial charge is 0.307 e. The fourth-order valence-corrected chi connectivity index (χ4v) is 2.10. The molecule has 0 aliphatic heterocycles. The Labute approximate surface area is 117 Å². The minimum atomic E-state index is 0.802. The van der Waals surface area contributed by atoms with E-state index in [9.17, 15) is 0 Å². The molecule has 0 saturated heterocycles. The molecule has 1 aromatic heterocycles. The standard InChI is InChI=1S/C15H17BrN2/c1-11-8-13(6-7-15(11)16)9-17-10-14-5-3-4-12(2)18-14/h3-8,17H,9-10H2,1-2H3. The molecule has 0 spiro atoms. The molecular weight excluding hydrogens is 288 g/mol. The van der Waals surface area contributed by atoms with Crippen molar-refractivity contribution in [3.8, 4) is 0 Å². The van der Waals surface area contributed by atoms with Crippen LogP contribution in [0.3, 0.4) is 0 Å². The maximum absolute atomic E-state index is 4.47. The quantitative estimate of drug-likeness (QED) is 0.930. The van der Waals surface area contributed by atoms with Gasteiger partial charge in [-0.1, -0.05) is 34.1 Å². The minimum Gasteiger partial charge on any atom is -0.307 e. The molecule has 94 valence electrons. The third kappa shape index (κ3) is 3.65. The van der Waals surface area contributed by atoms with E-state index < -0.39 is 0 Å². The van der Waals surface area contributed by atoms with Crippen LogP contribution < -0.4 is 5.32 Å². The van der Waals surface area contributed by atoms with Crippen LogP contribution in [0.25, 0.3) is 0 Å². The predicted octanol–water partition coefficient (Wildman–Crippen LogP) is 3.75. The fraction of sp³-hybridized carbons (Fsp3) is 0.267. The highest BCUT2D eigenvalue weighted by Gasteiger charge is 1.98. The average molecular weight is 305 g/mol.